The van der Waals surface area contributed by atoms with Crippen molar-refractivity contribution < 1.29 is 18.7 Å². The Hall–Kier alpha value is -1.88. The molecule has 0 aliphatic carbocycles. The second kappa shape index (κ2) is 6.20. The largest absolute Gasteiger partial charge is 0.444 e. The lowest BCUT2D eigenvalue weighted by Gasteiger charge is -2.44. The molecule has 2 atom stereocenters. The minimum atomic E-state index is -0.532. The number of carbonyl (C=O) groups excluding carboxylic acids is 1. The van der Waals surface area contributed by atoms with Gasteiger partial charge in [0.15, 0.2) is 0 Å². The predicted molar refractivity (Wildman–Crippen MR) is 90.2 cm³/mol. The maximum atomic E-state index is 13.7. The molecule has 5 heteroatoms. The molecule has 1 aromatic carbocycles. The molecule has 2 heterocycles. The number of ether oxygens (including phenoxy) is 2. The van der Waals surface area contributed by atoms with E-state index in [0.717, 1.165) is 16.7 Å². The Labute approximate surface area is 142 Å². The number of amides is 1. The van der Waals surface area contributed by atoms with E-state index in [2.05, 4.69) is 0 Å². The summed E-state index contributed by atoms with van der Waals surface area (Å²) in [5, 5.41) is 0. The Kier molecular flexibility index (Phi) is 4.38. The van der Waals surface area contributed by atoms with Gasteiger partial charge in [-0.3, -0.25) is 4.90 Å². The highest BCUT2D eigenvalue weighted by atomic mass is 19.1. The fourth-order valence-corrected chi connectivity index (χ4v) is 3.33. The number of aryl methyl sites for hydroxylation is 1. The average Bonchev–Trinajstić information content (AvgIpc) is 2.42. The van der Waals surface area contributed by atoms with Crippen LogP contribution in [0.3, 0.4) is 0 Å². The van der Waals surface area contributed by atoms with Gasteiger partial charge in [0, 0.05) is 0 Å². The highest BCUT2D eigenvalue weighted by Crippen LogP contribution is 2.34. The summed E-state index contributed by atoms with van der Waals surface area (Å²) in [6, 6.07) is 4.80. The van der Waals surface area contributed by atoms with E-state index >= 15 is 0 Å². The van der Waals surface area contributed by atoms with Crippen molar-refractivity contribution in [2.45, 2.75) is 51.8 Å². The number of hydrogen-bond acceptors (Lipinski definition) is 3. The summed E-state index contributed by atoms with van der Waals surface area (Å²) in [4.78, 5) is 14.3. The third kappa shape index (κ3) is 3.61. The van der Waals surface area contributed by atoms with Crippen LogP contribution in [0, 0.1) is 12.7 Å². The molecule has 0 saturated carbocycles. The van der Waals surface area contributed by atoms with Gasteiger partial charge in [-0.15, -0.1) is 0 Å². The molecule has 2 bridgehead atoms. The Bertz CT molecular complexity index is 657. The van der Waals surface area contributed by atoms with Crippen LogP contribution in [-0.2, 0) is 9.47 Å². The van der Waals surface area contributed by atoms with Crippen LogP contribution < -0.4 is 0 Å². The van der Waals surface area contributed by atoms with Crippen LogP contribution in [0.1, 0.15) is 38.3 Å². The van der Waals surface area contributed by atoms with Crippen molar-refractivity contribution in [1.82, 2.24) is 4.90 Å². The first kappa shape index (κ1) is 17.0. The second-order valence-corrected chi connectivity index (χ2v) is 7.56. The van der Waals surface area contributed by atoms with Gasteiger partial charge in [0.1, 0.15) is 11.4 Å². The summed E-state index contributed by atoms with van der Waals surface area (Å²) in [5.41, 5.74) is 2.31. The molecule has 0 spiro atoms. The number of benzene rings is 1. The minimum absolute atomic E-state index is 0.0813. The first-order valence-electron chi connectivity index (χ1n) is 8.30. The Morgan fingerprint density at radius 1 is 1.29 bits per heavy atom. The van der Waals surface area contributed by atoms with E-state index < -0.39 is 5.60 Å². The van der Waals surface area contributed by atoms with Crippen molar-refractivity contribution >= 4 is 11.7 Å². The predicted octanol–water partition coefficient (Wildman–Crippen LogP) is 3.93. The van der Waals surface area contributed by atoms with Crippen molar-refractivity contribution in [3.63, 3.8) is 0 Å². The summed E-state index contributed by atoms with van der Waals surface area (Å²) in [6.07, 6.45) is 2.33. The highest BCUT2D eigenvalue weighted by molar-refractivity contribution is 5.75. The highest BCUT2D eigenvalue weighted by Gasteiger charge is 2.40. The number of fused-ring (bicyclic) bond motifs is 2. The van der Waals surface area contributed by atoms with Crippen LogP contribution in [0.2, 0.25) is 0 Å². The Morgan fingerprint density at radius 3 is 2.67 bits per heavy atom. The molecule has 1 amide bonds. The fourth-order valence-electron chi connectivity index (χ4n) is 3.33. The monoisotopic (exact) mass is 333 g/mol. The van der Waals surface area contributed by atoms with Crippen LogP contribution >= 0.6 is 0 Å². The molecule has 2 aliphatic heterocycles. The standard InChI is InChI=1S/C19H24FNO3/c1-12-5-13(7-15(20)6-12)14-8-16-10-23-11-17(9-14)21(16)18(22)24-19(2,3)4/h5-8,16-17H,9-11H2,1-4H3. The Balaban J connectivity index is 1.88. The van der Waals surface area contributed by atoms with Gasteiger partial charge in [-0.1, -0.05) is 12.1 Å². The SMILES string of the molecule is Cc1cc(F)cc(C2=CC3COCC(C2)N3C(=O)OC(C)(C)C)c1. The smallest absolute Gasteiger partial charge is 0.411 e. The summed E-state index contributed by atoms with van der Waals surface area (Å²) in [7, 11) is 0. The van der Waals surface area contributed by atoms with Crippen LogP contribution in [-0.4, -0.2) is 41.9 Å². The van der Waals surface area contributed by atoms with E-state index in [-0.39, 0.29) is 24.0 Å². The van der Waals surface area contributed by atoms with E-state index in [9.17, 15) is 9.18 Å². The Morgan fingerprint density at radius 2 is 2.04 bits per heavy atom. The van der Waals surface area contributed by atoms with E-state index in [1.807, 2.05) is 39.8 Å². The van der Waals surface area contributed by atoms with Gasteiger partial charge >= 0.3 is 6.09 Å². The lowest BCUT2D eigenvalue weighted by atomic mass is 9.89. The zero-order valence-electron chi connectivity index (χ0n) is 14.6. The zero-order chi connectivity index (χ0) is 17.5. The maximum absolute atomic E-state index is 13.7. The van der Waals surface area contributed by atoms with Gasteiger partial charge in [-0.2, -0.15) is 0 Å². The molecular weight excluding hydrogens is 309 g/mol. The number of rotatable bonds is 1. The van der Waals surface area contributed by atoms with Crippen molar-refractivity contribution in [2.75, 3.05) is 13.2 Å². The van der Waals surface area contributed by atoms with Gasteiger partial charge in [0.2, 0.25) is 0 Å². The molecule has 24 heavy (non-hydrogen) atoms. The molecular formula is C19H24FNO3. The number of halogens is 1. The van der Waals surface area contributed by atoms with Gasteiger partial charge in [0.25, 0.3) is 0 Å². The topological polar surface area (TPSA) is 38.8 Å². The second-order valence-electron chi connectivity index (χ2n) is 7.56. The first-order valence-corrected chi connectivity index (χ1v) is 8.30. The van der Waals surface area contributed by atoms with E-state index in [1.165, 1.54) is 6.07 Å². The molecule has 1 fully saturated rings. The van der Waals surface area contributed by atoms with E-state index in [4.69, 9.17) is 9.47 Å². The molecule has 0 radical (unpaired) electrons. The van der Waals surface area contributed by atoms with Crippen LogP contribution in [0.4, 0.5) is 9.18 Å². The molecule has 1 saturated heterocycles. The summed E-state index contributed by atoms with van der Waals surface area (Å²) < 4.78 is 24.9. The lowest BCUT2D eigenvalue weighted by Crippen LogP contribution is -2.57. The van der Waals surface area contributed by atoms with Gasteiger partial charge in [-0.05, 0) is 62.9 Å². The van der Waals surface area contributed by atoms with Crippen LogP contribution in [0.25, 0.3) is 5.57 Å². The third-order valence-electron chi connectivity index (χ3n) is 4.22. The van der Waals surface area contributed by atoms with Gasteiger partial charge in [0.05, 0.1) is 25.3 Å². The molecule has 130 valence electrons. The number of morpholine rings is 1. The van der Waals surface area contributed by atoms with Crippen LogP contribution in [0.15, 0.2) is 24.3 Å². The molecule has 3 rings (SSSR count). The van der Waals surface area contributed by atoms with Crippen molar-refractivity contribution in [3.05, 3.63) is 41.2 Å². The minimum Gasteiger partial charge on any atom is -0.444 e. The van der Waals surface area contributed by atoms with Crippen molar-refractivity contribution in [1.29, 1.82) is 0 Å². The summed E-state index contributed by atoms with van der Waals surface area (Å²) in [5.74, 6) is -0.234. The van der Waals surface area contributed by atoms with Gasteiger partial charge < -0.3 is 9.47 Å². The third-order valence-corrected chi connectivity index (χ3v) is 4.22. The average molecular weight is 333 g/mol. The number of nitrogens with zero attached hydrogens (tertiary/aromatic N) is 1. The van der Waals surface area contributed by atoms with E-state index in [0.29, 0.717) is 19.6 Å². The zero-order valence-corrected chi connectivity index (χ0v) is 14.6. The molecule has 2 unspecified atom stereocenters. The molecule has 4 nitrogen and oxygen atoms in total. The number of carbonyl (C=O) groups is 1. The number of hydrogen-bond donors (Lipinski definition) is 0. The van der Waals surface area contributed by atoms with Crippen molar-refractivity contribution in [2.24, 2.45) is 0 Å². The maximum Gasteiger partial charge on any atom is 0.411 e. The van der Waals surface area contributed by atoms with Gasteiger partial charge in [-0.25, -0.2) is 9.18 Å². The quantitative estimate of drug-likeness (QED) is 0.782. The molecule has 2 aliphatic rings. The normalized spacial score (nSPS) is 23.7. The molecule has 0 aromatic heterocycles. The molecule has 1 aromatic rings. The first-order chi connectivity index (χ1) is 11.2. The molecule has 0 N–H and O–H groups in total. The van der Waals surface area contributed by atoms with Crippen molar-refractivity contribution in [3.8, 4) is 0 Å². The summed E-state index contributed by atoms with van der Waals surface area (Å²) >= 11 is 0. The lowest BCUT2D eigenvalue weighted by molar-refractivity contribution is -0.0510. The van der Waals surface area contributed by atoms with E-state index in [1.54, 1.807) is 11.0 Å². The van der Waals surface area contributed by atoms with Crippen LogP contribution in [0.5, 0.6) is 0 Å². The fraction of sp³-hybridized carbons (Fsp3) is 0.526. The summed E-state index contributed by atoms with van der Waals surface area (Å²) in [6.45, 7) is 8.37.